The Balaban J connectivity index is 0.000000942. The van der Waals surface area contributed by atoms with E-state index in [9.17, 15) is 19.2 Å². The topological polar surface area (TPSA) is 127 Å². The Morgan fingerprint density at radius 2 is 0.842 bits per heavy atom. The fourth-order valence-corrected chi connectivity index (χ4v) is 3.58. The molecular weight excluding hydrogens is 488 g/mol. The molecule has 0 aromatic heterocycles. The lowest BCUT2D eigenvalue weighted by atomic mass is 10.1. The normalized spacial score (nSPS) is 10.3. The van der Waals surface area contributed by atoms with Gasteiger partial charge in [0.2, 0.25) is 0 Å². The van der Waals surface area contributed by atoms with Crippen molar-refractivity contribution in [3.05, 3.63) is 35.4 Å². The van der Waals surface area contributed by atoms with Crippen molar-refractivity contribution in [1.29, 1.82) is 0 Å². The number of carbonyl (C=O) groups is 4. The van der Waals surface area contributed by atoms with Gasteiger partial charge in [0.25, 0.3) is 0 Å². The molecule has 38 heavy (non-hydrogen) atoms. The summed E-state index contributed by atoms with van der Waals surface area (Å²) in [6.07, 6.45) is 16.4. The summed E-state index contributed by atoms with van der Waals surface area (Å²) in [7, 11) is 0. The van der Waals surface area contributed by atoms with Gasteiger partial charge < -0.3 is 19.7 Å². The number of hydrogen-bond acceptors (Lipinski definition) is 6. The van der Waals surface area contributed by atoms with Crippen LogP contribution in [-0.2, 0) is 19.1 Å². The van der Waals surface area contributed by atoms with Crippen molar-refractivity contribution in [3.63, 3.8) is 0 Å². The minimum absolute atomic E-state index is 0.0526. The lowest BCUT2D eigenvalue weighted by molar-refractivity contribution is -0.144. The average molecular weight is 537 g/mol. The molecule has 0 atom stereocenters. The zero-order chi connectivity index (χ0) is 28.4. The lowest BCUT2D eigenvalue weighted by Crippen LogP contribution is -2.06. The van der Waals surface area contributed by atoms with E-state index in [4.69, 9.17) is 19.7 Å². The summed E-state index contributed by atoms with van der Waals surface area (Å²) in [6, 6.07) is 5.02. The van der Waals surface area contributed by atoms with Gasteiger partial charge in [-0.2, -0.15) is 0 Å². The molecule has 0 unspecified atom stereocenters. The second-order valence-electron chi connectivity index (χ2n) is 9.37. The standard InChI is InChI=1S/C22H42O4.C8H6O4/c1-3-5-7-15-19-25-21(23)17-13-11-9-10-12-14-18-22(24)26-20-16-8-6-4-2;9-7(10)5-1-2-6(4-3-5)8(11)12/h3-20H2,1-2H3;1-4H,(H,9,10)(H,11,12). The van der Waals surface area contributed by atoms with Gasteiger partial charge in [0.15, 0.2) is 0 Å². The third kappa shape index (κ3) is 21.2. The van der Waals surface area contributed by atoms with Crippen LogP contribution >= 0.6 is 0 Å². The Morgan fingerprint density at radius 3 is 1.16 bits per heavy atom. The predicted molar refractivity (Wildman–Crippen MR) is 147 cm³/mol. The minimum Gasteiger partial charge on any atom is -0.478 e. The maximum absolute atomic E-state index is 11.6. The molecule has 1 aromatic rings. The number of esters is 2. The molecule has 0 saturated heterocycles. The molecular formula is C30H48O8. The van der Waals surface area contributed by atoms with E-state index in [1.54, 1.807) is 0 Å². The van der Waals surface area contributed by atoms with Gasteiger partial charge >= 0.3 is 23.9 Å². The summed E-state index contributed by atoms with van der Waals surface area (Å²) in [5.41, 5.74) is 0.167. The molecule has 0 radical (unpaired) electrons. The smallest absolute Gasteiger partial charge is 0.335 e. The molecule has 8 nitrogen and oxygen atoms in total. The SMILES string of the molecule is CCCCCCOC(=O)CCCCCCCCC(=O)OCCCCCC.O=C(O)c1ccc(C(=O)O)cc1. The van der Waals surface area contributed by atoms with E-state index in [-0.39, 0.29) is 23.1 Å². The summed E-state index contributed by atoms with van der Waals surface area (Å²) < 4.78 is 10.4. The number of carbonyl (C=O) groups excluding carboxylic acids is 2. The molecule has 1 aromatic carbocycles. The summed E-state index contributed by atoms with van der Waals surface area (Å²) >= 11 is 0. The van der Waals surface area contributed by atoms with E-state index in [0.717, 1.165) is 64.2 Å². The number of unbranched alkanes of at least 4 members (excludes halogenated alkanes) is 11. The Hall–Kier alpha value is -2.90. The monoisotopic (exact) mass is 536 g/mol. The van der Waals surface area contributed by atoms with Gasteiger partial charge in [0.05, 0.1) is 24.3 Å². The van der Waals surface area contributed by atoms with Crippen LogP contribution in [0.2, 0.25) is 0 Å². The van der Waals surface area contributed by atoms with Crippen molar-refractivity contribution in [2.75, 3.05) is 13.2 Å². The van der Waals surface area contributed by atoms with Crippen LogP contribution in [0.15, 0.2) is 24.3 Å². The molecule has 1 rings (SSSR count). The van der Waals surface area contributed by atoms with E-state index < -0.39 is 11.9 Å². The van der Waals surface area contributed by atoms with Crippen LogP contribution in [0.25, 0.3) is 0 Å². The molecule has 0 aliphatic rings. The van der Waals surface area contributed by atoms with Crippen LogP contribution < -0.4 is 0 Å². The Kier molecular flexibility index (Phi) is 22.6. The highest BCUT2D eigenvalue weighted by Gasteiger charge is 2.05. The highest BCUT2D eigenvalue weighted by Crippen LogP contribution is 2.10. The van der Waals surface area contributed by atoms with Crippen LogP contribution in [0.3, 0.4) is 0 Å². The zero-order valence-corrected chi connectivity index (χ0v) is 23.4. The first-order valence-corrected chi connectivity index (χ1v) is 14.2. The van der Waals surface area contributed by atoms with Crippen LogP contribution in [0, 0.1) is 0 Å². The first-order chi connectivity index (χ1) is 18.3. The number of benzene rings is 1. The van der Waals surface area contributed by atoms with E-state index in [1.807, 2.05) is 0 Å². The molecule has 0 amide bonds. The molecule has 216 valence electrons. The van der Waals surface area contributed by atoms with E-state index in [0.29, 0.717) is 26.1 Å². The predicted octanol–water partition coefficient (Wildman–Crippen LogP) is 7.44. The highest BCUT2D eigenvalue weighted by molar-refractivity contribution is 5.91. The number of aromatic carboxylic acids is 2. The van der Waals surface area contributed by atoms with E-state index in [1.165, 1.54) is 49.9 Å². The van der Waals surface area contributed by atoms with Crippen molar-refractivity contribution >= 4 is 23.9 Å². The molecule has 2 N–H and O–H groups in total. The fourth-order valence-electron chi connectivity index (χ4n) is 3.58. The largest absolute Gasteiger partial charge is 0.478 e. The van der Waals surface area contributed by atoms with Crippen LogP contribution in [0.1, 0.15) is 137 Å². The molecule has 8 heteroatoms. The quantitative estimate of drug-likeness (QED) is 0.123. The number of carboxylic acid groups (broad SMARTS) is 2. The third-order valence-corrected chi connectivity index (χ3v) is 5.91. The molecule has 0 saturated carbocycles. The number of rotatable bonds is 21. The maximum atomic E-state index is 11.6. The number of hydrogen-bond donors (Lipinski definition) is 2. The summed E-state index contributed by atoms with van der Waals surface area (Å²) in [6.45, 7) is 5.50. The van der Waals surface area contributed by atoms with Crippen LogP contribution in [0.4, 0.5) is 0 Å². The summed E-state index contributed by atoms with van der Waals surface area (Å²) in [5.74, 6) is -2.23. The highest BCUT2D eigenvalue weighted by atomic mass is 16.5. The first-order valence-electron chi connectivity index (χ1n) is 14.2. The van der Waals surface area contributed by atoms with Gasteiger partial charge in [0, 0.05) is 12.8 Å². The van der Waals surface area contributed by atoms with Crippen molar-refractivity contribution in [2.24, 2.45) is 0 Å². The second-order valence-corrected chi connectivity index (χ2v) is 9.37. The Labute approximate surface area is 228 Å². The summed E-state index contributed by atoms with van der Waals surface area (Å²) in [4.78, 5) is 43.8. The molecule has 0 aliphatic carbocycles. The van der Waals surface area contributed by atoms with Gasteiger partial charge in [-0.15, -0.1) is 0 Å². The third-order valence-electron chi connectivity index (χ3n) is 5.91. The van der Waals surface area contributed by atoms with Crippen LogP contribution in [-0.4, -0.2) is 47.3 Å². The molecule has 0 spiro atoms. The van der Waals surface area contributed by atoms with E-state index >= 15 is 0 Å². The van der Waals surface area contributed by atoms with E-state index in [2.05, 4.69) is 13.8 Å². The average Bonchev–Trinajstić information content (AvgIpc) is 2.90. The molecule has 0 heterocycles. The molecule has 0 aliphatic heterocycles. The van der Waals surface area contributed by atoms with Gasteiger partial charge in [-0.3, -0.25) is 9.59 Å². The summed E-state index contributed by atoms with van der Waals surface area (Å²) in [5, 5.41) is 16.9. The van der Waals surface area contributed by atoms with Crippen molar-refractivity contribution in [3.8, 4) is 0 Å². The van der Waals surface area contributed by atoms with Crippen LogP contribution in [0.5, 0.6) is 0 Å². The van der Waals surface area contributed by atoms with Gasteiger partial charge in [-0.05, 0) is 49.9 Å². The fraction of sp³-hybridized carbons (Fsp3) is 0.667. The number of carboxylic acids is 2. The minimum atomic E-state index is -1.06. The Morgan fingerprint density at radius 1 is 0.526 bits per heavy atom. The first kappa shape index (κ1) is 35.1. The number of ether oxygens (including phenoxy) is 2. The van der Waals surface area contributed by atoms with Gasteiger partial charge in [-0.1, -0.05) is 78.1 Å². The van der Waals surface area contributed by atoms with Crippen molar-refractivity contribution in [2.45, 2.75) is 117 Å². The lowest BCUT2D eigenvalue weighted by Gasteiger charge is -2.05. The van der Waals surface area contributed by atoms with Gasteiger partial charge in [-0.25, -0.2) is 9.59 Å². The van der Waals surface area contributed by atoms with Crippen molar-refractivity contribution < 1.29 is 38.9 Å². The molecule has 0 bridgehead atoms. The maximum Gasteiger partial charge on any atom is 0.335 e. The zero-order valence-electron chi connectivity index (χ0n) is 23.4. The molecule has 0 fully saturated rings. The second kappa shape index (κ2) is 24.4. The van der Waals surface area contributed by atoms with Gasteiger partial charge in [0.1, 0.15) is 0 Å². The van der Waals surface area contributed by atoms with Crippen molar-refractivity contribution in [1.82, 2.24) is 0 Å². The Bertz CT molecular complexity index is 708.